The van der Waals surface area contributed by atoms with E-state index in [1.54, 1.807) is 0 Å². The van der Waals surface area contributed by atoms with E-state index in [2.05, 4.69) is 4.89 Å². The lowest BCUT2D eigenvalue weighted by atomic mass is 11.7. The zero-order chi connectivity index (χ0) is 3.41. The third-order valence-electron chi connectivity index (χ3n) is 0.0340. The Morgan fingerprint density at radius 2 is 2.25 bits per heavy atom. The fourth-order valence-electron chi connectivity index (χ4n) is 0. The van der Waals surface area contributed by atoms with Crippen LogP contribution in [0.25, 0.3) is 0 Å². The molecule has 0 spiro atoms. The van der Waals surface area contributed by atoms with E-state index < -0.39 is 0 Å². The van der Waals surface area contributed by atoms with E-state index in [0.717, 1.165) is 0 Å². The van der Waals surface area contributed by atoms with E-state index in [4.69, 9.17) is 10.1 Å². The lowest BCUT2D eigenvalue weighted by molar-refractivity contribution is -0.648. The van der Waals surface area contributed by atoms with E-state index in [0.29, 0.717) is 6.47 Å². The van der Waals surface area contributed by atoms with Gasteiger partial charge in [0.2, 0.25) is 0 Å². The molecule has 0 aliphatic heterocycles. The van der Waals surface area contributed by atoms with Gasteiger partial charge in [-0.2, -0.15) is 0 Å². The van der Waals surface area contributed by atoms with Crippen molar-refractivity contribution in [1.29, 1.82) is 0 Å². The van der Waals surface area contributed by atoms with Gasteiger partial charge in [0.05, 0.1) is 4.79 Å². The van der Waals surface area contributed by atoms with Crippen molar-refractivity contribution < 1.29 is 14.9 Å². The zero-order valence-electron chi connectivity index (χ0n) is 1.72. The van der Waals surface area contributed by atoms with Gasteiger partial charge in [-0.1, -0.05) is 0 Å². The Balaban J connectivity index is 2.30. The van der Waals surface area contributed by atoms with Crippen LogP contribution < -0.4 is 5.26 Å². The highest BCUT2D eigenvalue weighted by atomic mass is 17.1. The molecule has 4 heavy (non-hydrogen) atoms. The van der Waals surface area contributed by atoms with E-state index in [1.807, 2.05) is 0 Å². The van der Waals surface area contributed by atoms with Crippen LogP contribution in [0.4, 0.5) is 0 Å². The molecule has 0 atom stereocenters. The van der Waals surface area contributed by atoms with Gasteiger partial charge in [-0.05, 0) is 0 Å². The molecule has 0 aliphatic carbocycles. The molecule has 0 saturated heterocycles. The van der Waals surface area contributed by atoms with Gasteiger partial charge in [-0.25, -0.2) is 0 Å². The second kappa shape index (κ2) is 2.34. The molecule has 0 amide bonds. The summed E-state index contributed by atoms with van der Waals surface area (Å²) in [6.45, 7) is 0.625. The van der Waals surface area contributed by atoms with Gasteiger partial charge in [0, 0.05) is 0 Å². The summed E-state index contributed by atoms with van der Waals surface area (Å²) >= 11 is 0. The highest BCUT2D eigenvalue weighted by Gasteiger charge is 1.73. The molecule has 0 aromatic heterocycles. The summed E-state index contributed by atoms with van der Waals surface area (Å²) in [5.41, 5.74) is 0. The van der Waals surface area contributed by atoms with E-state index in [9.17, 15) is 0 Å². The topological polar surface area (TPSA) is 49.4 Å². The van der Waals surface area contributed by atoms with Gasteiger partial charge in [-0.15, -0.1) is 0 Å². The molecule has 0 bridgehead atoms. The number of carbonyl (C=O) groups excluding carboxylic acids is 1. The molecule has 3 heteroatoms. The van der Waals surface area contributed by atoms with Crippen molar-refractivity contribution in [3.8, 4) is 0 Å². The Hall–Kier alpha value is -0.660. The predicted octanol–water partition coefficient (Wildman–Crippen LogP) is -1.65. The average Bonchev–Trinajstić information content (AvgIpc) is 1.37. The van der Waals surface area contributed by atoms with Crippen LogP contribution in [0.15, 0.2) is 0 Å². The maximum Gasteiger partial charge on any atom is 0.792 e. The summed E-state index contributed by atoms with van der Waals surface area (Å²) < 4.78 is 0. The van der Waals surface area contributed by atoms with Crippen molar-refractivity contribution in [2.75, 3.05) is 0 Å². The minimum Gasteiger partial charge on any atom is -0.603 e. The van der Waals surface area contributed by atoms with Crippen molar-refractivity contribution in [3.63, 3.8) is 0 Å². The van der Waals surface area contributed by atoms with Crippen LogP contribution in [-0.4, -0.2) is 6.47 Å². The molecule has 0 radical (unpaired) electrons. The summed E-state index contributed by atoms with van der Waals surface area (Å²) in [6, 6.07) is 0. The van der Waals surface area contributed by atoms with Crippen LogP contribution in [0.2, 0.25) is 0 Å². The highest BCUT2D eigenvalue weighted by Crippen LogP contribution is 1.23. The molecule has 0 fully saturated rings. The number of hydrogen-bond acceptors (Lipinski definition) is 3. The maximum atomic E-state index is 8.51. The highest BCUT2D eigenvalue weighted by molar-refractivity contribution is 5.36. The second-order valence-corrected chi connectivity index (χ2v) is 0.167. The fourth-order valence-corrected chi connectivity index (χ4v) is 0. The molecular formula is CO3. The predicted molar refractivity (Wildman–Crippen MR) is 6.78 cm³/mol. The van der Waals surface area contributed by atoms with Gasteiger partial charge in [0.25, 0.3) is 0 Å². The molecule has 3 nitrogen and oxygen atoms in total. The third kappa shape index (κ3) is 1.34. The summed E-state index contributed by atoms with van der Waals surface area (Å²) in [5, 5.41) is 8.38. The molecule has 0 heterocycles. The van der Waals surface area contributed by atoms with Crippen LogP contribution in [0, 0.1) is 0 Å². The van der Waals surface area contributed by atoms with Gasteiger partial charge >= 0.3 is 6.47 Å². The summed E-state index contributed by atoms with van der Waals surface area (Å²) in [7, 11) is 0. The average molecular weight is 60.0 g/mol. The van der Waals surface area contributed by atoms with Crippen LogP contribution in [0.1, 0.15) is 0 Å². The minimum atomic E-state index is 0.625. The molecule has 0 rings (SSSR count). The lowest BCUT2D eigenvalue weighted by Crippen LogP contribution is -2.00. The standard InChI is InChI=1S/CO3/c2-1-4-3. The van der Waals surface area contributed by atoms with Crippen molar-refractivity contribution in [1.82, 2.24) is 0 Å². The maximum absolute atomic E-state index is 8.51. The number of hydrogen-bond donors (Lipinski definition) is 0. The second-order valence-electron chi connectivity index (χ2n) is 0.167. The first-order valence-electron chi connectivity index (χ1n) is 0.575. The molecule has 22 valence electrons. The Labute approximate surface area is 22.7 Å². The van der Waals surface area contributed by atoms with Crippen molar-refractivity contribution in [2.24, 2.45) is 0 Å². The van der Waals surface area contributed by atoms with Gasteiger partial charge in [-0.3, -0.25) is 4.89 Å². The molecule has 0 N–H and O–H groups in total. The first-order valence-corrected chi connectivity index (χ1v) is 0.575. The fraction of sp³-hybridized carbons (Fsp3) is 0. The van der Waals surface area contributed by atoms with Gasteiger partial charge in [0.15, 0.2) is 0 Å². The number of rotatable bonds is 1. The Kier molecular flexibility index (Phi) is 1.95. The Bertz CT molecular complexity index is 17.2. The largest absolute Gasteiger partial charge is 0.792 e. The van der Waals surface area contributed by atoms with Crippen molar-refractivity contribution >= 4 is 6.47 Å². The molecule has 0 unspecified atom stereocenters. The first-order chi connectivity index (χ1) is 1.91. The summed E-state index contributed by atoms with van der Waals surface area (Å²) in [4.78, 5) is 11.0. The van der Waals surface area contributed by atoms with Gasteiger partial charge < -0.3 is 5.26 Å². The third-order valence-corrected chi connectivity index (χ3v) is 0.0340. The van der Waals surface area contributed by atoms with E-state index >= 15 is 0 Å². The van der Waals surface area contributed by atoms with E-state index in [-0.39, 0.29) is 0 Å². The van der Waals surface area contributed by atoms with Crippen LogP contribution >= 0.6 is 0 Å². The molecular weight excluding hydrogens is 60.0 g/mol. The van der Waals surface area contributed by atoms with Crippen LogP contribution in [-0.2, 0) is 9.68 Å². The molecule has 0 saturated carbocycles. The summed E-state index contributed by atoms with van der Waals surface area (Å²) in [5.74, 6) is 0. The van der Waals surface area contributed by atoms with Crippen molar-refractivity contribution in [3.05, 3.63) is 0 Å². The van der Waals surface area contributed by atoms with Crippen LogP contribution in [0.3, 0.4) is 0 Å². The lowest BCUT2D eigenvalue weighted by Gasteiger charge is -1.66. The minimum absolute atomic E-state index is 0.625. The molecule has 0 aromatic carbocycles. The van der Waals surface area contributed by atoms with Crippen LogP contribution in [0.5, 0.6) is 0 Å². The SMILES string of the molecule is O=[C+]O[O-]. The quantitative estimate of drug-likeness (QED) is 0.207. The zero-order valence-corrected chi connectivity index (χ0v) is 1.72. The van der Waals surface area contributed by atoms with E-state index in [1.165, 1.54) is 0 Å². The van der Waals surface area contributed by atoms with Gasteiger partial charge in [0.1, 0.15) is 0 Å². The molecule has 0 aromatic rings. The molecule has 0 aliphatic rings. The monoisotopic (exact) mass is 60.0 g/mol. The van der Waals surface area contributed by atoms with Crippen molar-refractivity contribution in [2.45, 2.75) is 0 Å². The first kappa shape index (κ1) is 3.34. The smallest absolute Gasteiger partial charge is 0.603 e. The summed E-state index contributed by atoms with van der Waals surface area (Å²) in [6.07, 6.45) is 0. The Morgan fingerprint density at radius 1 is 2.00 bits per heavy atom. The Morgan fingerprint density at radius 3 is 2.25 bits per heavy atom. The normalized spacial score (nSPS) is 4.25.